The van der Waals surface area contributed by atoms with Gasteiger partial charge in [0.25, 0.3) is 0 Å². The van der Waals surface area contributed by atoms with E-state index in [4.69, 9.17) is 47.0 Å². The molecule has 0 amide bonds. The molecule has 0 aromatic heterocycles. The number of aliphatic hydroxyl groups excluding tert-OH is 1. The van der Waals surface area contributed by atoms with Crippen LogP contribution < -0.4 is 0 Å². The normalized spacial score (nSPS) is 22.0. The van der Waals surface area contributed by atoms with E-state index in [0.717, 1.165) is 25.7 Å². The topological polar surface area (TPSA) is 23.5 Å². The van der Waals surface area contributed by atoms with Crippen LogP contribution in [0.1, 0.15) is 25.7 Å². The number of hydrogen-bond donors (Lipinski definition) is 1. The van der Waals surface area contributed by atoms with Crippen LogP contribution >= 0.6 is 47.0 Å². The highest BCUT2D eigenvalue weighted by atomic mass is 35.6. The van der Waals surface area contributed by atoms with E-state index in [-0.39, 0.29) is 0 Å². The van der Waals surface area contributed by atoms with Gasteiger partial charge in [-0.1, -0.05) is 53.4 Å². The Kier molecular flexibility index (Phi) is 4.72. The molecule has 1 aliphatic heterocycles. The lowest BCUT2D eigenvalue weighted by molar-refractivity contribution is 0.0583. The largest absolute Gasteiger partial charge is 0.369 e. The SMILES string of the molecule is OC(N1CCCCCC1=S)C(Cl)(Cl)Cl. The maximum atomic E-state index is 9.75. The third-order valence-corrected chi connectivity index (χ3v) is 3.22. The van der Waals surface area contributed by atoms with Crippen molar-refractivity contribution in [2.45, 2.75) is 35.7 Å². The van der Waals surface area contributed by atoms with E-state index in [9.17, 15) is 5.11 Å². The maximum absolute atomic E-state index is 9.75. The summed E-state index contributed by atoms with van der Waals surface area (Å²) < 4.78 is -1.70. The van der Waals surface area contributed by atoms with Gasteiger partial charge in [0, 0.05) is 6.54 Å². The number of likely N-dealkylation sites (tertiary alicyclic amines) is 1. The Morgan fingerprint density at radius 3 is 2.50 bits per heavy atom. The fourth-order valence-corrected chi connectivity index (χ4v) is 2.13. The van der Waals surface area contributed by atoms with Gasteiger partial charge in [-0.05, 0) is 19.3 Å². The van der Waals surface area contributed by atoms with Crippen LogP contribution in [0.25, 0.3) is 0 Å². The van der Waals surface area contributed by atoms with Gasteiger partial charge in [-0.2, -0.15) is 0 Å². The molecule has 0 aromatic carbocycles. The summed E-state index contributed by atoms with van der Waals surface area (Å²) >= 11 is 22.0. The van der Waals surface area contributed by atoms with Gasteiger partial charge >= 0.3 is 0 Å². The minimum absolute atomic E-state index is 0.661. The fraction of sp³-hybridized carbons (Fsp3) is 0.875. The maximum Gasteiger partial charge on any atom is 0.234 e. The second-order valence-electron chi connectivity index (χ2n) is 3.31. The van der Waals surface area contributed by atoms with E-state index in [1.54, 1.807) is 4.90 Å². The van der Waals surface area contributed by atoms with Gasteiger partial charge in [0.1, 0.15) is 0 Å². The molecule has 1 N–H and O–H groups in total. The zero-order valence-corrected chi connectivity index (χ0v) is 10.6. The van der Waals surface area contributed by atoms with Crippen molar-refractivity contribution in [2.24, 2.45) is 0 Å². The van der Waals surface area contributed by atoms with E-state index in [0.29, 0.717) is 11.5 Å². The molecule has 14 heavy (non-hydrogen) atoms. The average molecular weight is 277 g/mol. The van der Waals surface area contributed by atoms with Crippen molar-refractivity contribution in [3.8, 4) is 0 Å². The van der Waals surface area contributed by atoms with Crippen LogP contribution in [0.3, 0.4) is 0 Å². The molecule has 0 aliphatic carbocycles. The van der Waals surface area contributed by atoms with E-state index >= 15 is 0 Å². The Labute approximate surface area is 104 Å². The molecule has 1 unspecified atom stereocenters. The molecule has 0 aromatic rings. The van der Waals surface area contributed by atoms with Crippen LogP contribution in [0, 0.1) is 0 Å². The number of thiocarbonyl (C=S) groups is 1. The lowest BCUT2D eigenvalue weighted by atomic mass is 10.2. The first-order valence-corrected chi connectivity index (χ1v) is 6.01. The molecule has 1 fully saturated rings. The van der Waals surface area contributed by atoms with E-state index in [2.05, 4.69) is 0 Å². The summed E-state index contributed by atoms with van der Waals surface area (Å²) in [6, 6.07) is 0. The highest BCUT2D eigenvalue weighted by Crippen LogP contribution is 2.33. The van der Waals surface area contributed by atoms with Crippen molar-refractivity contribution in [2.75, 3.05) is 6.54 Å². The van der Waals surface area contributed by atoms with Crippen molar-refractivity contribution in [1.29, 1.82) is 0 Å². The van der Waals surface area contributed by atoms with Crippen molar-refractivity contribution in [1.82, 2.24) is 4.90 Å². The van der Waals surface area contributed by atoms with Gasteiger partial charge in [-0.15, -0.1) is 0 Å². The molecule has 1 saturated heterocycles. The quantitative estimate of drug-likeness (QED) is 0.588. The number of aliphatic hydroxyl groups is 1. The van der Waals surface area contributed by atoms with Crippen LogP contribution in [0.5, 0.6) is 0 Å². The molecule has 0 saturated carbocycles. The second-order valence-corrected chi connectivity index (χ2v) is 6.15. The number of nitrogens with zero attached hydrogens (tertiary/aromatic N) is 1. The molecule has 0 spiro atoms. The number of rotatable bonds is 1. The Balaban J connectivity index is 2.68. The Bertz CT molecular complexity index is 219. The molecule has 6 heteroatoms. The highest BCUT2D eigenvalue weighted by molar-refractivity contribution is 7.80. The zero-order chi connectivity index (χ0) is 10.8. The molecule has 1 aliphatic rings. The predicted octanol–water partition coefficient (Wildman–Crippen LogP) is 2.88. The smallest absolute Gasteiger partial charge is 0.234 e. The average Bonchev–Trinajstić information content (AvgIpc) is 2.27. The molecule has 1 rings (SSSR count). The third-order valence-electron chi connectivity index (χ3n) is 2.20. The summed E-state index contributed by atoms with van der Waals surface area (Å²) in [5, 5.41) is 9.75. The minimum atomic E-state index is -1.70. The van der Waals surface area contributed by atoms with Crippen molar-refractivity contribution in [3.05, 3.63) is 0 Å². The lowest BCUT2D eigenvalue weighted by Crippen LogP contribution is -2.46. The molecular weight excluding hydrogens is 265 g/mol. The minimum Gasteiger partial charge on any atom is -0.369 e. The molecular formula is C8H12Cl3NOS. The summed E-state index contributed by atoms with van der Waals surface area (Å²) in [4.78, 5) is 2.29. The van der Waals surface area contributed by atoms with Gasteiger partial charge in [-0.25, -0.2) is 0 Å². The second kappa shape index (κ2) is 5.17. The lowest BCUT2D eigenvalue weighted by Gasteiger charge is -2.32. The van der Waals surface area contributed by atoms with Crippen molar-refractivity contribution >= 4 is 52.0 Å². The van der Waals surface area contributed by atoms with Gasteiger partial charge in [-0.3, -0.25) is 0 Å². The van der Waals surface area contributed by atoms with Crippen LogP contribution in [0.4, 0.5) is 0 Å². The van der Waals surface area contributed by atoms with Crippen molar-refractivity contribution < 1.29 is 5.11 Å². The summed E-state index contributed by atoms with van der Waals surface area (Å²) in [6.45, 7) is 0.661. The first kappa shape index (κ1) is 12.8. The van der Waals surface area contributed by atoms with Gasteiger partial charge < -0.3 is 10.0 Å². The Morgan fingerprint density at radius 1 is 1.29 bits per heavy atom. The predicted molar refractivity (Wildman–Crippen MR) is 64.1 cm³/mol. The van der Waals surface area contributed by atoms with Crippen molar-refractivity contribution in [3.63, 3.8) is 0 Å². The van der Waals surface area contributed by atoms with Gasteiger partial charge in [0.2, 0.25) is 3.79 Å². The summed E-state index contributed by atoms with van der Waals surface area (Å²) in [5.41, 5.74) is 0. The summed E-state index contributed by atoms with van der Waals surface area (Å²) in [6.07, 6.45) is 2.76. The number of halogens is 3. The highest BCUT2D eigenvalue weighted by Gasteiger charge is 2.36. The summed E-state index contributed by atoms with van der Waals surface area (Å²) in [7, 11) is 0. The molecule has 2 nitrogen and oxygen atoms in total. The Hall–Kier alpha value is 0.720. The molecule has 0 bridgehead atoms. The molecule has 0 radical (unpaired) electrons. The first-order chi connectivity index (χ1) is 6.43. The Morgan fingerprint density at radius 2 is 1.93 bits per heavy atom. The fourth-order valence-electron chi connectivity index (χ4n) is 1.44. The van der Waals surface area contributed by atoms with Crippen LogP contribution in [0.2, 0.25) is 0 Å². The monoisotopic (exact) mass is 275 g/mol. The standard InChI is InChI=1S/C8H12Cl3NOS/c9-8(10,11)7(13)12-5-3-1-2-4-6(12)14/h7,13H,1-5H2. The first-order valence-electron chi connectivity index (χ1n) is 4.47. The van der Waals surface area contributed by atoms with Gasteiger partial charge in [0.15, 0.2) is 6.23 Å². The zero-order valence-electron chi connectivity index (χ0n) is 7.55. The van der Waals surface area contributed by atoms with Crippen LogP contribution in [-0.4, -0.2) is 31.6 Å². The number of hydrogen-bond acceptors (Lipinski definition) is 2. The molecule has 1 atom stereocenters. The molecule has 82 valence electrons. The number of alkyl halides is 3. The third kappa shape index (κ3) is 3.38. The van der Waals surface area contributed by atoms with Gasteiger partial charge in [0.05, 0.1) is 4.99 Å². The van der Waals surface area contributed by atoms with Crippen LogP contribution in [0.15, 0.2) is 0 Å². The van der Waals surface area contributed by atoms with E-state index < -0.39 is 10.0 Å². The van der Waals surface area contributed by atoms with E-state index in [1.807, 2.05) is 0 Å². The molecule has 1 heterocycles. The van der Waals surface area contributed by atoms with Crippen LogP contribution in [-0.2, 0) is 0 Å². The van der Waals surface area contributed by atoms with E-state index in [1.165, 1.54) is 0 Å². The summed E-state index contributed by atoms with van der Waals surface area (Å²) in [5.74, 6) is 0.